The topological polar surface area (TPSA) is 99.8 Å². The molecule has 7 nitrogen and oxygen atoms in total. The van der Waals surface area contributed by atoms with Crippen LogP contribution in [0.5, 0.6) is 0 Å². The number of aromatic nitrogens is 3. The van der Waals surface area contributed by atoms with Gasteiger partial charge in [-0.25, -0.2) is 5.10 Å². The van der Waals surface area contributed by atoms with E-state index in [-0.39, 0.29) is 23.1 Å². The second-order valence-electron chi connectivity index (χ2n) is 8.72. The molecule has 4 aliphatic rings. The van der Waals surface area contributed by atoms with Crippen molar-refractivity contribution in [2.24, 2.45) is 29.1 Å². The van der Waals surface area contributed by atoms with Crippen molar-refractivity contribution in [1.29, 1.82) is 0 Å². The lowest BCUT2D eigenvalue weighted by atomic mass is 9.49. The van der Waals surface area contributed by atoms with E-state index in [2.05, 4.69) is 25.8 Å². The number of nitrogens with one attached hydrogen (secondary N) is 3. The Kier molecular flexibility index (Phi) is 4.04. The minimum absolute atomic E-state index is 0.000726. The Labute approximate surface area is 147 Å². The van der Waals surface area contributed by atoms with Gasteiger partial charge in [-0.2, -0.15) is 10.1 Å². The van der Waals surface area contributed by atoms with Crippen molar-refractivity contribution < 1.29 is 9.59 Å². The van der Waals surface area contributed by atoms with Crippen LogP contribution in [-0.2, 0) is 9.59 Å². The van der Waals surface area contributed by atoms with Gasteiger partial charge in [-0.1, -0.05) is 13.8 Å². The van der Waals surface area contributed by atoms with Crippen LogP contribution in [0.1, 0.15) is 52.4 Å². The summed E-state index contributed by atoms with van der Waals surface area (Å²) < 4.78 is 0. The van der Waals surface area contributed by atoms with Crippen LogP contribution >= 0.6 is 0 Å². The van der Waals surface area contributed by atoms with Crippen LogP contribution in [0, 0.1) is 29.1 Å². The van der Waals surface area contributed by atoms with Crippen LogP contribution in [0.2, 0.25) is 0 Å². The Hall–Kier alpha value is -1.92. The highest BCUT2D eigenvalue weighted by atomic mass is 16.2. The molecule has 136 valence electrons. The van der Waals surface area contributed by atoms with Gasteiger partial charge in [-0.15, -0.1) is 0 Å². The first-order chi connectivity index (χ1) is 11.9. The summed E-state index contributed by atoms with van der Waals surface area (Å²) in [5, 5.41) is 12.1. The number of anilines is 1. The highest BCUT2D eigenvalue weighted by Crippen LogP contribution is 2.60. The SMILES string of the molecule is CC(C)C(NC(=O)C12CC3CC(CC(C3)C1)C2)C(=O)Nc1ncn[nH]1. The zero-order valence-electron chi connectivity index (χ0n) is 14.9. The van der Waals surface area contributed by atoms with Crippen LogP contribution in [0.25, 0.3) is 0 Å². The number of hydrogen-bond acceptors (Lipinski definition) is 4. The molecule has 1 aromatic heterocycles. The lowest BCUT2D eigenvalue weighted by molar-refractivity contribution is -0.148. The predicted molar refractivity (Wildman–Crippen MR) is 92.4 cm³/mol. The van der Waals surface area contributed by atoms with Gasteiger partial charge in [0.2, 0.25) is 17.8 Å². The molecule has 1 heterocycles. The van der Waals surface area contributed by atoms with E-state index in [9.17, 15) is 9.59 Å². The first kappa shape index (κ1) is 16.5. The van der Waals surface area contributed by atoms with Gasteiger partial charge >= 0.3 is 0 Å². The third-order valence-electron chi connectivity index (χ3n) is 6.41. The Balaban J connectivity index is 1.47. The fourth-order valence-corrected chi connectivity index (χ4v) is 5.68. The minimum Gasteiger partial charge on any atom is -0.344 e. The highest BCUT2D eigenvalue weighted by Gasteiger charge is 2.55. The molecule has 3 N–H and O–H groups in total. The van der Waals surface area contributed by atoms with Gasteiger partial charge in [0.05, 0.1) is 0 Å². The maximum absolute atomic E-state index is 13.2. The monoisotopic (exact) mass is 345 g/mol. The smallest absolute Gasteiger partial charge is 0.249 e. The summed E-state index contributed by atoms with van der Waals surface area (Å²) in [6.45, 7) is 3.90. The molecule has 0 aliphatic heterocycles. The fourth-order valence-electron chi connectivity index (χ4n) is 5.68. The number of nitrogens with zero attached hydrogens (tertiary/aromatic N) is 2. The molecule has 5 rings (SSSR count). The number of carbonyl (C=O) groups is 2. The molecule has 4 fully saturated rings. The number of amides is 2. The van der Waals surface area contributed by atoms with Gasteiger partial charge in [0.1, 0.15) is 12.4 Å². The molecule has 4 saturated carbocycles. The molecular weight excluding hydrogens is 318 g/mol. The maximum atomic E-state index is 13.2. The summed E-state index contributed by atoms with van der Waals surface area (Å²) in [5.74, 6) is 2.26. The Bertz CT molecular complexity index is 619. The lowest BCUT2D eigenvalue weighted by Gasteiger charge is -2.55. The minimum atomic E-state index is -0.564. The van der Waals surface area contributed by atoms with Crippen LogP contribution in [0.15, 0.2) is 6.33 Å². The predicted octanol–water partition coefficient (Wildman–Crippen LogP) is 2.10. The van der Waals surface area contributed by atoms with Crippen LogP contribution in [0.3, 0.4) is 0 Å². The third kappa shape index (κ3) is 3.04. The van der Waals surface area contributed by atoms with E-state index in [1.165, 1.54) is 25.6 Å². The van der Waals surface area contributed by atoms with E-state index in [0.29, 0.717) is 23.7 Å². The second kappa shape index (κ2) is 6.11. The van der Waals surface area contributed by atoms with E-state index in [1.807, 2.05) is 13.8 Å². The van der Waals surface area contributed by atoms with Crippen LogP contribution < -0.4 is 10.6 Å². The molecular formula is C18H27N5O2. The molecule has 7 heteroatoms. The first-order valence-electron chi connectivity index (χ1n) is 9.42. The number of carbonyl (C=O) groups excluding carboxylic acids is 2. The standard InChI is InChI=1S/C18H27N5O2/c1-10(2)14(15(24)22-17-19-9-20-23-17)21-16(25)18-6-11-3-12(7-18)5-13(4-11)8-18/h9-14H,3-8H2,1-2H3,(H,21,25)(H2,19,20,22,23,24). The van der Waals surface area contributed by atoms with Gasteiger partial charge in [-0.05, 0) is 62.2 Å². The molecule has 1 unspecified atom stereocenters. The van der Waals surface area contributed by atoms with Crippen LogP contribution in [-0.4, -0.2) is 33.0 Å². The Morgan fingerprint density at radius 2 is 1.76 bits per heavy atom. The molecule has 4 aliphatic carbocycles. The van der Waals surface area contributed by atoms with E-state index >= 15 is 0 Å². The first-order valence-corrected chi connectivity index (χ1v) is 9.42. The second-order valence-corrected chi connectivity index (χ2v) is 8.72. The number of aromatic amines is 1. The van der Waals surface area contributed by atoms with Crippen molar-refractivity contribution in [3.8, 4) is 0 Å². The van der Waals surface area contributed by atoms with Gasteiger partial charge in [0, 0.05) is 5.41 Å². The number of rotatable bonds is 5. The molecule has 0 spiro atoms. The molecule has 25 heavy (non-hydrogen) atoms. The summed E-state index contributed by atoms with van der Waals surface area (Å²) in [6, 6.07) is -0.564. The Morgan fingerprint density at radius 1 is 1.16 bits per heavy atom. The summed E-state index contributed by atoms with van der Waals surface area (Å²) >= 11 is 0. The van der Waals surface area contributed by atoms with Crippen molar-refractivity contribution in [3.63, 3.8) is 0 Å². The van der Waals surface area contributed by atoms with Crippen LogP contribution in [0.4, 0.5) is 5.95 Å². The molecule has 4 bridgehead atoms. The molecule has 0 saturated heterocycles. The van der Waals surface area contributed by atoms with Crippen molar-refractivity contribution >= 4 is 17.8 Å². The molecule has 0 aromatic carbocycles. The zero-order valence-corrected chi connectivity index (χ0v) is 14.9. The third-order valence-corrected chi connectivity index (χ3v) is 6.41. The van der Waals surface area contributed by atoms with E-state index < -0.39 is 6.04 Å². The van der Waals surface area contributed by atoms with Crippen molar-refractivity contribution in [2.75, 3.05) is 5.32 Å². The van der Waals surface area contributed by atoms with E-state index in [1.54, 1.807) is 0 Å². The van der Waals surface area contributed by atoms with E-state index in [0.717, 1.165) is 19.3 Å². The molecule has 1 aromatic rings. The maximum Gasteiger partial charge on any atom is 0.249 e. The van der Waals surface area contributed by atoms with Gasteiger partial charge < -0.3 is 5.32 Å². The summed E-state index contributed by atoms with van der Waals surface area (Å²) in [7, 11) is 0. The van der Waals surface area contributed by atoms with Crippen molar-refractivity contribution in [2.45, 2.75) is 58.4 Å². The fraction of sp³-hybridized carbons (Fsp3) is 0.778. The molecule has 0 radical (unpaired) electrons. The number of H-pyrrole nitrogens is 1. The number of hydrogen-bond donors (Lipinski definition) is 3. The van der Waals surface area contributed by atoms with Gasteiger partial charge in [-0.3, -0.25) is 14.9 Å². The average molecular weight is 345 g/mol. The van der Waals surface area contributed by atoms with Crippen molar-refractivity contribution in [1.82, 2.24) is 20.5 Å². The van der Waals surface area contributed by atoms with E-state index in [4.69, 9.17) is 0 Å². The average Bonchev–Trinajstić information content (AvgIpc) is 3.03. The normalized spacial score (nSPS) is 34.1. The quantitative estimate of drug-likeness (QED) is 0.761. The van der Waals surface area contributed by atoms with Gasteiger partial charge in [0.15, 0.2) is 0 Å². The van der Waals surface area contributed by atoms with Crippen molar-refractivity contribution in [3.05, 3.63) is 6.33 Å². The zero-order chi connectivity index (χ0) is 17.6. The Morgan fingerprint density at radius 3 is 2.24 bits per heavy atom. The van der Waals surface area contributed by atoms with Gasteiger partial charge in [0.25, 0.3) is 0 Å². The molecule has 1 atom stereocenters. The largest absolute Gasteiger partial charge is 0.344 e. The summed E-state index contributed by atoms with van der Waals surface area (Å²) in [4.78, 5) is 29.7. The summed E-state index contributed by atoms with van der Waals surface area (Å²) in [5.41, 5.74) is -0.242. The summed E-state index contributed by atoms with van der Waals surface area (Å²) in [6.07, 6.45) is 8.23. The lowest BCUT2D eigenvalue weighted by Crippen LogP contribution is -2.57. The highest BCUT2D eigenvalue weighted by molar-refractivity contribution is 5.97. The molecule has 2 amide bonds.